The molecule has 2 aliphatic heterocycles. The first-order chi connectivity index (χ1) is 14.3. The lowest BCUT2D eigenvalue weighted by molar-refractivity contribution is -0.155. The summed E-state index contributed by atoms with van der Waals surface area (Å²) < 4.78 is 19.9. The molecule has 9 heteroatoms. The number of carbonyl (C=O) groups excluding carboxylic acids is 2. The fourth-order valence-electron chi connectivity index (χ4n) is 3.66. The van der Waals surface area contributed by atoms with Crippen molar-refractivity contribution < 1.29 is 18.7 Å². The molecule has 2 aromatic rings. The highest BCUT2D eigenvalue weighted by Crippen LogP contribution is 2.36. The number of carbonyl (C=O) groups is 2. The lowest BCUT2D eigenvalue weighted by atomic mass is 10.00. The molecule has 2 heterocycles. The molecule has 0 saturated carbocycles. The molecule has 0 aromatic heterocycles. The zero-order chi connectivity index (χ0) is 21.5. The summed E-state index contributed by atoms with van der Waals surface area (Å²) in [4.78, 5) is 29.4. The quantitative estimate of drug-likeness (QED) is 0.724. The fourth-order valence-corrected chi connectivity index (χ4v) is 4.05. The van der Waals surface area contributed by atoms with Gasteiger partial charge >= 0.3 is 0 Å². The lowest BCUT2D eigenvalue weighted by Gasteiger charge is -2.40. The maximum absolute atomic E-state index is 14.0. The minimum atomic E-state index is -1.67. The minimum Gasteiger partial charge on any atom is -0.466 e. The van der Waals surface area contributed by atoms with Crippen molar-refractivity contribution in [1.29, 1.82) is 0 Å². The SMILES string of the molecule is CC1(C(=O)N2CCN(Cc3c(F)cccc3Cl)CC2)Oc2ccc(Cl)cc2NC1=O. The second-order valence-electron chi connectivity index (χ2n) is 7.50. The molecular weight excluding hydrogens is 432 g/mol. The first kappa shape index (κ1) is 20.9. The van der Waals surface area contributed by atoms with E-state index in [1.54, 1.807) is 35.2 Å². The Morgan fingerprint density at radius 3 is 2.63 bits per heavy atom. The van der Waals surface area contributed by atoms with Crippen LogP contribution < -0.4 is 10.1 Å². The van der Waals surface area contributed by atoms with Gasteiger partial charge in [0, 0.05) is 48.3 Å². The number of rotatable bonds is 3. The van der Waals surface area contributed by atoms with Crippen LogP contribution in [0.1, 0.15) is 12.5 Å². The second-order valence-corrected chi connectivity index (χ2v) is 8.34. The van der Waals surface area contributed by atoms with Crippen molar-refractivity contribution in [2.24, 2.45) is 0 Å². The molecule has 30 heavy (non-hydrogen) atoms. The number of anilines is 1. The summed E-state index contributed by atoms with van der Waals surface area (Å²) in [5.41, 5.74) is -0.793. The third kappa shape index (κ3) is 3.85. The van der Waals surface area contributed by atoms with Gasteiger partial charge in [0.05, 0.1) is 5.69 Å². The van der Waals surface area contributed by atoms with Gasteiger partial charge in [-0.15, -0.1) is 0 Å². The Morgan fingerprint density at radius 1 is 1.20 bits per heavy atom. The van der Waals surface area contributed by atoms with E-state index in [0.29, 0.717) is 59.8 Å². The summed E-state index contributed by atoms with van der Waals surface area (Å²) in [6.07, 6.45) is 0. The van der Waals surface area contributed by atoms with E-state index in [-0.39, 0.29) is 5.82 Å². The van der Waals surface area contributed by atoms with Crippen molar-refractivity contribution >= 4 is 40.7 Å². The molecular formula is C21H20Cl2FN3O3. The van der Waals surface area contributed by atoms with Crippen LogP contribution in [0.3, 0.4) is 0 Å². The summed E-state index contributed by atoms with van der Waals surface area (Å²) in [6, 6.07) is 9.44. The first-order valence-electron chi connectivity index (χ1n) is 9.52. The van der Waals surface area contributed by atoms with Crippen LogP contribution in [-0.2, 0) is 16.1 Å². The number of ether oxygens (including phenoxy) is 1. The van der Waals surface area contributed by atoms with Crippen LogP contribution in [0.2, 0.25) is 10.0 Å². The fraction of sp³-hybridized carbons (Fsp3) is 0.333. The molecule has 0 bridgehead atoms. The van der Waals surface area contributed by atoms with Gasteiger partial charge in [-0.05, 0) is 37.3 Å². The van der Waals surface area contributed by atoms with E-state index in [0.717, 1.165) is 0 Å². The van der Waals surface area contributed by atoms with Gasteiger partial charge in [0.2, 0.25) is 0 Å². The number of hydrogen-bond donors (Lipinski definition) is 1. The van der Waals surface area contributed by atoms with Crippen molar-refractivity contribution in [3.8, 4) is 5.75 Å². The number of nitrogens with zero attached hydrogens (tertiary/aromatic N) is 2. The van der Waals surface area contributed by atoms with Gasteiger partial charge in [-0.25, -0.2) is 4.39 Å². The van der Waals surface area contributed by atoms with E-state index < -0.39 is 17.4 Å². The van der Waals surface area contributed by atoms with Crippen LogP contribution in [0.25, 0.3) is 0 Å². The third-order valence-corrected chi connectivity index (χ3v) is 6.04. The van der Waals surface area contributed by atoms with Gasteiger partial charge in [-0.1, -0.05) is 29.3 Å². The van der Waals surface area contributed by atoms with Crippen LogP contribution in [0.4, 0.5) is 10.1 Å². The smallest absolute Gasteiger partial charge is 0.278 e. The Hall–Kier alpha value is -2.35. The van der Waals surface area contributed by atoms with Crippen LogP contribution in [-0.4, -0.2) is 53.4 Å². The zero-order valence-electron chi connectivity index (χ0n) is 16.3. The number of benzene rings is 2. The molecule has 1 saturated heterocycles. The monoisotopic (exact) mass is 451 g/mol. The van der Waals surface area contributed by atoms with Crippen molar-refractivity contribution in [1.82, 2.24) is 9.80 Å². The zero-order valence-corrected chi connectivity index (χ0v) is 17.8. The maximum Gasteiger partial charge on any atom is 0.278 e. The summed E-state index contributed by atoms with van der Waals surface area (Å²) in [6.45, 7) is 3.67. The summed E-state index contributed by atoms with van der Waals surface area (Å²) in [5.74, 6) is -0.908. The van der Waals surface area contributed by atoms with E-state index in [2.05, 4.69) is 5.32 Å². The molecule has 2 aliphatic rings. The van der Waals surface area contributed by atoms with Gasteiger partial charge in [-0.2, -0.15) is 0 Å². The molecule has 1 unspecified atom stereocenters. The number of fused-ring (bicyclic) bond motifs is 1. The highest BCUT2D eigenvalue weighted by atomic mass is 35.5. The highest BCUT2D eigenvalue weighted by Gasteiger charge is 2.49. The number of piperazine rings is 1. The molecule has 0 aliphatic carbocycles. The molecule has 6 nitrogen and oxygen atoms in total. The maximum atomic E-state index is 14.0. The molecule has 0 spiro atoms. The molecule has 4 rings (SSSR count). The third-order valence-electron chi connectivity index (χ3n) is 5.45. The Morgan fingerprint density at radius 2 is 1.93 bits per heavy atom. The molecule has 2 aromatic carbocycles. The summed E-state index contributed by atoms with van der Waals surface area (Å²) in [5, 5.41) is 3.54. The molecule has 158 valence electrons. The summed E-state index contributed by atoms with van der Waals surface area (Å²) >= 11 is 12.1. The molecule has 2 amide bonds. The molecule has 1 N–H and O–H groups in total. The second kappa shape index (κ2) is 8.06. The van der Waals surface area contributed by atoms with E-state index in [1.165, 1.54) is 13.0 Å². The Bertz CT molecular complexity index is 991. The van der Waals surface area contributed by atoms with Crippen LogP contribution in [0.5, 0.6) is 5.75 Å². The van der Waals surface area contributed by atoms with Crippen molar-refractivity contribution in [3.63, 3.8) is 0 Å². The first-order valence-corrected chi connectivity index (χ1v) is 10.3. The van der Waals surface area contributed by atoms with E-state index in [1.807, 2.05) is 4.90 Å². The highest BCUT2D eigenvalue weighted by molar-refractivity contribution is 6.31. The summed E-state index contributed by atoms with van der Waals surface area (Å²) in [7, 11) is 0. The normalized spacial score (nSPS) is 21.6. The van der Waals surface area contributed by atoms with Crippen LogP contribution in [0.15, 0.2) is 36.4 Å². The molecule has 0 radical (unpaired) electrons. The van der Waals surface area contributed by atoms with Gasteiger partial charge in [0.15, 0.2) is 0 Å². The number of halogens is 3. The Labute approximate surface area is 183 Å². The largest absolute Gasteiger partial charge is 0.466 e. The predicted molar refractivity (Wildman–Crippen MR) is 112 cm³/mol. The molecule has 1 atom stereocenters. The average molecular weight is 452 g/mol. The average Bonchev–Trinajstić information content (AvgIpc) is 2.72. The van der Waals surface area contributed by atoms with E-state index in [9.17, 15) is 14.0 Å². The predicted octanol–water partition coefficient (Wildman–Crippen LogP) is 3.57. The number of amides is 2. The van der Waals surface area contributed by atoms with Crippen molar-refractivity contribution in [2.45, 2.75) is 19.1 Å². The molecule has 1 fully saturated rings. The number of hydrogen-bond acceptors (Lipinski definition) is 4. The van der Waals surface area contributed by atoms with E-state index in [4.69, 9.17) is 27.9 Å². The van der Waals surface area contributed by atoms with E-state index >= 15 is 0 Å². The standard InChI is InChI=1S/C21H20Cl2FN3O3/c1-21(19(28)25-17-11-13(22)5-6-18(17)30-21)20(29)27-9-7-26(8-10-27)12-14-15(23)3-2-4-16(14)24/h2-6,11H,7-10,12H2,1H3,(H,25,28). The Kier molecular flexibility index (Phi) is 5.61. The number of nitrogens with one attached hydrogen (secondary N) is 1. The minimum absolute atomic E-state index is 0.348. The Balaban J connectivity index is 1.43. The van der Waals surface area contributed by atoms with Crippen molar-refractivity contribution in [2.75, 3.05) is 31.5 Å². The van der Waals surface area contributed by atoms with Crippen LogP contribution >= 0.6 is 23.2 Å². The van der Waals surface area contributed by atoms with Gasteiger partial charge in [-0.3, -0.25) is 14.5 Å². The lowest BCUT2D eigenvalue weighted by Crippen LogP contribution is -2.62. The van der Waals surface area contributed by atoms with Gasteiger partial charge in [0.25, 0.3) is 17.4 Å². The van der Waals surface area contributed by atoms with Crippen molar-refractivity contribution in [3.05, 3.63) is 57.8 Å². The van der Waals surface area contributed by atoms with Gasteiger partial charge < -0.3 is 15.0 Å². The van der Waals surface area contributed by atoms with Gasteiger partial charge in [0.1, 0.15) is 11.6 Å². The van der Waals surface area contributed by atoms with Crippen LogP contribution in [0, 0.1) is 5.82 Å². The topological polar surface area (TPSA) is 61.9 Å².